The Balaban J connectivity index is 2.53. The van der Waals surface area contributed by atoms with Gasteiger partial charge in [-0.3, -0.25) is 0 Å². The molecule has 1 nitrogen and oxygen atoms in total. The minimum atomic E-state index is -0.443. The molecule has 0 radical (unpaired) electrons. The standard InChI is InChI=1S/C15H14BrClFN/c1-8-7-12(16)9(2)6-11(8)15(19)10-4-3-5-13(18)14(10)17/h3-7,15H,19H2,1-2H3. The van der Waals surface area contributed by atoms with E-state index in [1.165, 1.54) is 6.07 Å². The normalized spacial score (nSPS) is 12.5. The van der Waals surface area contributed by atoms with Crippen LogP contribution in [-0.4, -0.2) is 0 Å². The van der Waals surface area contributed by atoms with E-state index in [0.29, 0.717) is 5.56 Å². The summed E-state index contributed by atoms with van der Waals surface area (Å²) in [5.41, 5.74) is 9.93. The summed E-state index contributed by atoms with van der Waals surface area (Å²) in [5, 5.41) is 0.0926. The Morgan fingerprint density at radius 1 is 1.16 bits per heavy atom. The lowest BCUT2D eigenvalue weighted by molar-refractivity contribution is 0.624. The van der Waals surface area contributed by atoms with Crippen molar-refractivity contribution < 1.29 is 4.39 Å². The molecular formula is C15H14BrClFN. The first-order chi connectivity index (χ1) is 8.91. The van der Waals surface area contributed by atoms with E-state index in [1.54, 1.807) is 12.1 Å². The van der Waals surface area contributed by atoms with Crippen molar-refractivity contribution in [2.75, 3.05) is 0 Å². The van der Waals surface area contributed by atoms with Crippen LogP contribution in [0.2, 0.25) is 5.02 Å². The van der Waals surface area contributed by atoms with E-state index in [-0.39, 0.29) is 5.02 Å². The molecule has 2 aromatic carbocycles. The highest BCUT2D eigenvalue weighted by molar-refractivity contribution is 9.10. The van der Waals surface area contributed by atoms with Gasteiger partial charge in [-0.2, -0.15) is 0 Å². The van der Waals surface area contributed by atoms with Gasteiger partial charge in [0.25, 0.3) is 0 Å². The number of hydrogen-bond donors (Lipinski definition) is 1. The molecule has 0 saturated carbocycles. The van der Waals surface area contributed by atoms with E-state index >= 15 is 0 Å². The third-order valence-electron chi connectivity index (χ3n) is 3.20. The molecule has 4 heteroatoms. The monoisotopic (exact) mass is 341 g/mol. The number of rotatable bonds is 2. The van der Waals surface area contributed by atoms with E-state index in [1.807, 2.05) is 26.0 Å². The predicted molar refractivity (Wildman–Crippen MR) is 81.1 cm³/mol. The molecule has 100 valence electrons. The van der Waals surface area contributed by atoms with Crippen LogP contribution in [0.3, 0.4) is 0 Å². The summed E-state index contributed by atoms with van der Waals surface area (Å²) in [7, 11) is 0. The van der Waals surface area contributed by atoms with Crippen molar-refractivity contribution in [3.05, 3.63) is 67.9 Å². The molecule has 0 amide bonds. The van der Waals surface area contributed by atoms with Crippen LogP contribution in [0.5, 0.6) is 0 Å². The van der Waals surface area contributed by atoms with Crippen molar-refractivity contribution in [2.45, 2.75) is 19.9 Å². The maximum atomic E-state index is 13.5. The predicted octanol–water partition coefficient (Wildman–Crippen LogP) is 4.91. The van der Waals surface area contributed by atoms with Crippen LogP contribution >= 0.6 is 27.5 Å². The molecule has 1 atom stereocenters. The van der Waals surface area contributed by atoms with Crippen molar-refractivity contribution in [2.24, 2.45) is 5.73 Å². The van der Waals surface area contributed by atoms with Gasteiger partial charge in [-0.25, -0.2) is 4.39 Å². The Labute approximate surface area is 125 Å². The average molecular weight is 343 g/mol. The van der Waals surface area contributed by atoms with Crippen LogP contribution < -0.4 is 5.73 Å². The fourth-order valence-electron chi connectivity index (χ4n) is 2.07. The summed E-state index contributed by atoms with van der Waals surface area (Å²) in [6.07, 6.45) is 0. The van der Waals surface area contributed by atoms with E-state index in [9.17, 15) is 4.39 Å². The van der Waals surface area contributed by atoms with E-state index in [4.69, 9.17) is 17.3 Å². The summed E-state index contributed by atoms with van der Waals surface area (Å²) in [4.78, 5) is 0. The molecule has 0 spiro atoms. The van der Waals surface area contributed by atoms with Crippen LogP contribution in [0, 0.1) is 19.7 Å². The van der Waals surface area contributed by atoms with Crippen LogP contribution in [0.15, 0.2) is 34.8 Å². The second-order valence-corrected chi connectivity index (χ2v) is 5.81. The Bertz CT molecular complexity index is 628. The lowest BCUT2D eigenvalue weighted by Gasteiger charge is -2.18. The number of benzene rings is 2. The van der Waals surface area contributed by atoms with Crippen molar-refractivity contribution in [3.63, 3.8) is 0 Å². The smallest absolute Gasteiger partial charge is 0.142 e. The van der Waals surface area contributed by atoms with Gasteiger partial charge in [-0.15, -0.1) is 0 Å². The highest BCUT2D eigenvalue weighted by Gasteiger charge is 2.17. The van der Waals surface area contributed by atoms with Crippen molar-refractivity contribution >= 4 is 27.5 Å². The van der Waals surface area contributed by atoms with E-state index in [2.05, 4.69) is 15.9 Å². The van der Waals surface area contributed by atoms with Gasteiger partial charge in [0.2, 0.25) is 0 Å². The minimum Gasteiger partial charge on any atom is -0.320 e. The Morgan fingerprint density at radius 2 is 1.84 bits per heavy atom. The van der Waals surface area contributed by atoms with Crippen molar-refractivity contribution in [3.8, 4) is 0 Å². The molecule has 0 fully saturated rings. The Hall–Kier alpha value is -0.900. The number of hydrogen-bond acceptors (Lipinski definition) is 1. The van der Waals surface area contributed by atoms with Crippen LogP contribution in [0.25, 0.3) is 0 Å². The molecule has 0 aliphatic carbocycles. The van der Waals surface area contributed by atoms with E-state index in [0.717, 1.165) is 21.2 Å². The first-order valence-electron chi connectivity index (χ1n) is 5.88. The fraction of sp³-hybridized carbons (Fsp3) is 0.200. The zero-order chi connectivity index (χ0) is 14.2. The van der Waals surface area contributed by atoms with Gasteiger partial charge in [-0.05, 0) is 48.2 Å². The molecule has 0 heterocycles. The SMILES string of the molecule is Cc1cc(C(N)c2cccc(F)c2Cl)c(C)cc1Br. The highest BCUT2D eigenvalue weighted by Crippen LogP contribution is 2.32. The molecule has 0 aliphatic rings. The molecule has 0 aliphatic heterocycles. The maximum absolute atomic E-state index is 13.5. The van der Waals surface area contributed by atoms with Gasteiger partial charge in [-0.1, -0.05) is 45.7 Å². The molecule has 19 heavy (non-hydrogen) atoms. The van der Waals surface area contributed by atoms with Gasteiger partial charge < -0.3 is 5.73 Å². The van der Waals surface area contributed by atoms with Gasteiger partial charge >= 0.3 is 0 Å². The molecule has 1 unspecified atom stereocenters. The average Bonchev–Trinajstić information content (AvgIpc) is 2.36. The van der Waals surface area contributed by atoms with Crippen LogP contribution in [0.4, 0.5) is 4.39 Å². The summed E-state index contributed by atoms with van der Waals surface area (Å²) in [6, 6.07) is 8.29. The van der Waals surface area contributed by atoms with Crippen molar-refractivity contribution in [1.82, 2.24) is 0 Å². The number of aryl methyl sites for hydroxylation is 2. The topological polar surface area (TPSA) is 26.0 Å². The van der Waals surface area contributed by atoms with Crippen molar-refractivity contribution in [1.29, 1.82) is 0 Å². The Kier molecular flexibility index (Phi) is 4.29. The second kappa shape index (κ2) is 5.61. The third-order valence-corrected chi connectivity index (χ3v) is 4.45. The van der Waals surface area contributed by atoms with Gasteiger partial charge in [0.15, 0.2) is 0 Å². The number of nitrogens with two attached hydrogens (primary N) is 1. The molecular weight excluding hydrogens is 329 g/mol. The molecule has 2 aromatic rings. The molecule has 0 saturated heterocycles. The molecule has 0 aromatic heterocycles. The third kappa shape index (κ3) is 2.83. The molecule has 2 N–H and O–H groups in total. The quantitative estimate of drug-likeness (QED) is 0.825. The number of halogens is 3. The fourth-order valence-corrected chi connectivity index (χ4v) is 2.77. The lowest BCUT2D eigenvalue weighted by atomic mass is 9.94. The molecule has 0 bridgehead atoms. The summed E-state index contributed by atoms with van der Waals surface area (Å²) in [5.74, 6) is -0.443. The van der Waals surface area contributed by atoms with Crippen LogP contribution in [-0.2, 0) is 0 Å². The largest absolute Gasteiger partial charge is 0.320 e. The zero-order valence-electron chi connectivity index (χ0n) is 10.7. The van der Waals surface area contributed by atoms with Gasteiger partial charge in [0.05, 0.1) is 11.1 Å². The van der Waals surface area contributed by atoms with Crippen LogP contribution in [0.1, 0.15) is 28.3 Å². The first-order valence-corrected chi connectivity index (χ1v) is 7.05. The van der Waals surface area contributed by atoms with E-state index < -0.39 is 11.9 Å². The Morgan fingerprint density at radius 3 is 2.53 bits per heavy atom. The summed E-state index contributed by atoms with van der Waals surface area (Å²) >= 11 is 9.48. The van der Waals surface area contributed by atoms with Gasteiger partial charge in [0.1, 0.15) is 5.82 Å². The summed E-state index contributed by atoms with van der Waals surface area (Å²) < 4.78 is 14.5. The lowest BCUT2D eigenvalue weighted by Crippen LogP contribution is -2.14. The maximum Gasteiger partial charge on any atom is 0.142 e. The van der Waals surface area contributed by atoms with Gasteiger partial charge in [0, 0.05) is 4.47 Å². The summed E-state index contributed by atoms with van der Waals surface area (Å²) in [6.45, 7) is 3.97. The molecule has 2 rings (SSSR count). The second-order valence-electron chi connectivity index (χ2n) is 4.58. The first kappa shape index (κ1) is 14.5. The highest BCUT2D eigenvalue weighted by atomic mass is 79.9. The minimum absolute atomic E-state index is 0.0926. The zero-order valence-corrected chi connectivity index (χ0v) is 13.0.